The third kappa shape index (κ3) is 7.74. The van der Waals surface area contributed by atoms with Crippen LogP contribution in [-0.4, -0.2) is 78.9 Å². The number of rotatable bonds is 4. The van der Waals surface area contributed by atoms with Gasteiger partial charge in [0.1, 0.15) is 23.9 Å². The fraction of sp³-hybridized carbons (Fsp3) is 0.576. The van der Waals surface area contributed by atoms with Crippen molar-refractivity contribution in [2.45, 2.75) is 96.5 Å². The topological polar surface area (TPSA) is 156 Å². The molecule has 1 aromatic rings. The summed E-state index contributed by atoms with van der Waals surface area (Å²) in [6.07, 6.45) is 1.59. The molecular weight excluding hydrogens is 582 g/mol. The molecule has 2 fully saturated rings. The molecule has 4 rings (SSSR count). The van der Waals surface area contributed by atoms with E-state index in [1.807, 2.05) is 32.1 Å². The van der Waals surface area contributed by atoms with Crippen LogP contribution in [-0.2, 0) is 39.8 Å². The van der Waals surface area contributed by atoms with Gasteiger partial charge in [-0.2, -0.15) is 0 Å². The minimum atomic E-state index is -1.78. The largest absolute Gasteiger partial charge is 0.458 e. The molecule has 0 aliphatic carbocycles. The molecule has 7 atom stereocenters. The number of amides is 3. The van der Waals surface area contributed by atoms with Crippen LogP contribution in [0.4, 0.5) is 16.2 Å². The zero-order chi connectivity index (χ0) is 33.3. The molecule has 3 N–H and O–H groups in total. The predicted molar refractivity (Wildman–Crippen MR) is 166 cm³/mol. The number of aliphatic hydroxyl groups is 1. The number of hydrogen-bond donors (Lipinski definition) is 3. The number of anilines is 2. The first-order valence-electron chi connectivity index (χ1n) is 15.2. The van der Waals surface area contributed by atoms with Crippen LogP contribution in [0.25, 0.3) is 0 Å². The minimum absolute atomic E-state index is 0.00271. The van der Waals surface area contributed by atoms with Crippen molar-refractivity contribution in [2.75, 3.05) is 24.4 Å². The van der Waals surface area contributed by atoms with E-state index in [9.17, 15) is 24.3 Å². The number of carbonyl (C=O) groups is 4. The number of fused-ring (bicyclic) bond motifs is 5. The normalized spacial score (nSPS) is 34.0. The number of methoxy groups -OCH3 is 1. The highest BCUT2D eigenvalue weighted by molar-refractivity contribution is 5.95. The summed E-state index contributed by atoms with van der Waals surface area (Å²) >= 11 is 0. The Morgan fingerprint density at radius 2 is 1.93 bits per heavy atom. The Balaban J connectivity index is 1.79. The Labute approximate surface area is 264 Å². The SMILES string of the molecule is CO[C@@H]1/C=C/C=C(\C)Cc2cc(NC(C)=O)cc(c2)N(C)C(=O)C[C@H](OC(=O)C(C)C)[C@]2(C)O[C@H]2[C@H](C)[C@@H]2C[C@@]1(O)NC(=O)O2. The van der Waals surface area contributed by atoms with Crippen LogP contribution in [0, 0.1) is 11.8 Å². The van der Waals surface area contributed by atoms with E-state index in [2.05, 4.69) is 10.6 Å². The minimum Gasteiger partial charge on any atom is -0.458 e. The van der Waals surface area contributed by atoms with Gasteiger partial charge in [0.2, 0.25) is 11.8 Å². The van der Waals surface area contributed by atoms with Gasteiger partial charge >= 0.3 is 12.1 Å². The quantitative estimate of drug-likeness (QED) is 0.335. The summed E-state index contributed by atoms with van der Waals surface area (Å²) in [5.74, 6) is -1.95. The van der Waals surface area contributed by atoms with Crippen molar-refractivity contribution in [3.63, 3.8) is 0 Å². The van der Waals surface area contributed by atoms with Crippen LogP contribution < -0.4 is 15.5 Å². The number of esters is 1. The van der Waals surface area contributed by atoms with E-state index in [-0.39, 0.29) is 24.7 Å². The Hall–Kier alpha value is -3.74. The molecule has 0 saturated carbocycles. The van der Waals surface area contributed by atoms with Gasteiger partial charge < -0.3 is 34.3 Å². The van der Waals surface area contributed by atoms with Gasteiger partial charge in [-0.05, 0) is 44.0 Å². The van der Waals surface area contributed by atoms with E-state index in [4.69, 9.17) is 18.9 Å². The summed E-state index contributed by atoms with van der Waals surface area (Å²) in [5.41, 5.74) is 0.0215. The molecule has 12 nitrogen and oxygen atoms in total. The zero-order valence-corrected chi connectivity index (χ0v) is 27.2. The maximum absolute atomic E-state index is 13.8. The Morgan fingerprint density at radius 1 is 1.22 bits per heavy atom. The molecule has 12 heteroatoms. The third-order valence-corrected chi connectivity index (χ3v) is 8.70. The first kappa shape index (κ1) is 34.1. The maximum Gasteiger partial charge on any atom is 0.409 e. The lowest BCUT2D eigenvalue weighted by Gasteiger charge is -2.42. The van der Waals surface area contributed by atoms with Crippen molar-refractivity contribution in [3.05, 3.63) is 47.6 Å². The molecular formula is C33H45N3O9. The van der Waals surface area contributed by atoms with Crippen molar-refractivity contribution in [3.8, 4) is 0 Å². The average Bonchev–Trinajstić information content (AvgIpc) is 3.64. The Kier molecular flexibility index (Phi) is 10.1. The Morgan fingerprint density at radius 3 is 2.58 bits per heavy atom. The molecule has 3 aliphatic heterocycles. The molecule has 3 heterocycles. The van der Waals surface area contributed by atoms with Crippen LogP contribution in [0.5, 0.6) is 0 Å². The first-order valence-corrected chi connectivity index (χ1v) is 15.2. The van der Waals surface area contributed by atoms with Gasteiger partial charge in [-0.1, -0.05) is 44.6 Å². The van der Waals surface area contributed by atoms with Crippen molar-refractivity contribution < 1.29 is 43.2 Å². The van der Waals surface area contributed by atoms with E-state index < -0.39 is 59.6 Å². The number of nitrogens with zero attached hydrogens (tertiary/aromatic N) is 1. The van der Waals surface area contributed by atoms with Gasteiger partial charge in [-0.25, -0.2) is 4.79 Å². The summed E-state index contributed by atoms with van der Waals surface area (Å²) in [6.45, 7) is 10.3. The maximum atomic E-state index is 13.8. The molecule has 0 aromatic heterocycles. The lowest BCUT2D eigenvalue weighted by atomic mass is 9.83. The molecule has 0 radical (unpaired) electrons. The highest BCUT2D eigenvalue weighted by atomic mass is 16.7. The molecule has 2 saturated heterocycles. The molecule has 0 spiro atoms. The van der Waals surface area contributed by atoms with Gasteiger partial charge in [0, 0.05) is 44.8 Å². The van der Waals surface area contributed by atoms with E-state index in [0.29, 0.717) is 17.8 Å². The van der Waals surface area contributed by atoms with Crippen molar-refractivity contribution in [2.24, 2.45) is 11.8 Å². The fourth-order valence-electron chi connectivity index (χ4n) is 6.00. The van der Waals surface area contributed by atoms with Gasteiger partial charge in [0.15, 0.2) is 5.72 Å². The molecule has 246 valence electrons. The smallest absolute Gasteiger partial charge is 0.409 e. The van der Waals surface area contributed by atoms with Crippen LogP contribution in [0.1, 0.15) is 59.9 Å². The summed E-state index contributed by atoms with van der Waals surface area (Å²) in [7, 11) is 3.07. The summed E-state index contributed by atoms with van der Waals surface area (Å²) in [6, 6.07) is 5.42. The zero-order valence-electron chi connectivity index (χ0n) is 27.2. The van der Waals surface area contributed by atoms with Crippen LogP contribution >= 0.6 is 0 Å². The monoisotopic (exact) mass is 627 g/mol. The Bertz CT molecular complexity index is 1390. The predicted octanol–water partition coefficient (Wildman–Crippen LogP) is 3.62. The van der Waals surface area contributed by atoms with E-state index >= 15 is 0 Å². The van der Waals surface area contributed by atoms with Gasteiger partial charge in [0.05, 0.1) is 18.4 Å². The number of ether oxygens (including phenoxy) is 4. The van der Waals surface area contributed by atoms with Crippen molar-refractivity contribution >= 4 is 35.3 Å². The van der Waals surface area contributed by atoms with Crippen LogP contribution in [0.15, 0.2) is 42.0 Å². The fourth-order valence-corrected chi connectivity index (χ4v) is 6.00. The van der Waals surface area contributed by atoms with Crippen LogP contribution in [0.2, 0.25) is 0 Å². The second kappa shape index (κ2) is 13.3. The third-order valence-electron chi connectivity index (χ3n) is 8.70. The van der Waals surface area contributed by atoms with E-state index in [1.54, 1.807) is 46.0 Å². The molecule has 3 amide bonds. The molecule has 3 aliphatic rings. The lowest BCUT2D eigenvalue weighted by Crippen LogP contribution is -2.63. The number of alkyl carbamates (subject to hydrolysis) is 1. The van der Waals surface area contributed by atoms with Gasteiger partial charge in [0.25, 0.3) is 0 Å². The van der Waals surface area contributed by atoms with Gasteiger partial charge in [-0.3, -0.25) is 19.7 Å². The number of benzene rings is 1. The molecule has 1 aromatic carbocycles. The second-order valence-corrected chi connectivity index (χ2v) is 12.8. The number of nitrogens with one attached hydrogen (secondary N) is 2. The number of hydrogen-bond acceptors (Lipinski definition) is 9. The number of allylic oxidation sites excluding steroid dienone is 3. The number of epoxide rings is 1. The lowest BCUT2D eigenvalue weighted by molar-refractivity contribution is -0.157. The summed E-state index contributed by atoms with van der Waals surface area (Å²) < 4.78 is 23.3. The second-order valence-electron chi connectivity index (χ2n) is 12.8. The van der Waals surface area contributed by atoms with Crippen molar-refractivity contribution in [1.82, 2.24) is 5.32 Å². The molecule has 0 unspecified atom stereocenters. The van der Waals surface area contributed by atoms with Crippen molar-refractivity contribution in [1.29, 1.82) is 0 Å². The average molecular weight is 628 g/mol. The van der Waals surface area contributed by atoms with Crippen LogP contribution in [0.3, 0.4) is 0 Å². The highest BCUT2D eigenvalue weighted by Crippen LogP contribution is 2.49. The summed E-state index contributed by atoms with van der Waals surface area (Å²) in [4.78, 5) is 52.7. The first-order chi connectivity index (χ1) is 21.1. The van der Waals surface area contributed by atoms with Gasteiger partial charge in [-0.15, -0.1) is 0 Å². The van der Waals surface area contributed by atoms with E-state index in [1.165, 1.54) is 18.9 Å². The van der Waals surface area contributed by atoms with E-state index in [0.717, 1.165) is 11.1 Å². The molecule has 45 heavy (non-hydrogen) atoms. The highest BCUT2D eigenvalue weighted by Gasteiger charge is 2.64. The molecule has 4 bridgehead atoms. The summed E-state index contributed by atoms with van der Waals surface area (Å²) in [5, 5.41) is 16.9. The standard InChI is InChI=1S/C33H45N3O9/c1-18(2)30(39)44-27-16-28(38)36(7)24-14-22(13-23(15-24)34-21(5)37)12-19(3)10-9-11-26(42-8)33(41)17-25(43-31(40)35-33)20(4)29-32(27,6)45-29/h9-11,13-15,18,20,25-27,29,41H,12,16-17H2,1-8H3,(H,34,37)(H,35,40)/b11-9+,19-10+/t20-,25+,26-,27+,29+,32+,33+/m1/s1. The number of carbonyl (C=O) groups excluding carboxylic acids is 4.